The minimum absolute atomic E-state index is 0.105. The van der Waals surface area contributed by atoms with Gasteiger partial charge in [-0.3, -0.25) is 4.79 Å². The second-order valence-corrected chi connectivity index (χ2v) is 5.00. The van der Waals surface area contributed by atoms with Gasteiger partial charge in [-0.1, -0.05) is 31.2 Å². The zero-order valence-corrected chi connectivity index (χ0v) is 12.2. The Labute approximate surface area is 115 Å². The molecule has 0 aliphatic carbocycles. The average molecular weight is 264 g/mol. The summed E-state index contributed by atoms with van der Waals surface area (Å²) in [5.41, 5.74) is 2.46. The van der Waals surface area contributed by atoms with Crippen molar-refractivity contribution in [3.05, 3.63) is 35.4 Å². The number of aryl methyl sites for hydroxylation is 1. The van der Waals surface area contributed by atoms with E-state index >= 15 is 0 Å². The summed E-state index contributed by atoms with van der Waals surface area (Å²) in [7, 11) is 3.96. The normalized spacial score (nSPS) is 14.2. The van der Waals surface area contributed by atoms with Gasteiger partial charge in [-0.2, -0.15) is 0 Å². The van der Waals surface area contributed by atoms with Crippen LogP contribution in [0, 0.1) is 0 Å². The number of carbonyl (C=O) groups excluding carboxylic acids is 1. The lowest BCUT2D eigenvalue weighted by Crippen LogP contribution is -2.38. The van der Waals surface area contributed by atoms with E-state index in [1.807, 2.05) is 14.1 Å². The third-order valence-corrected chi connectivity index (χ3v) is 3.25. The molecule has 1 aromatic rings. The van der Waals surface area contributed by atoms with Crippen LogP contribution in [0.3, 0.4) is 0 Å². The minimum Gasteiger partial charge on any atom is -0.384 e. The van der Waals surface area contributed by atoms with Gasteiger partial charge in [0.25, 0.3) is 0 Å². The first kappa shape index (κ1) is 15.7. The van der Waals surface area contributed by atoms with E-state index in [4.69, 9.17) is 0 Å². The summed E-state index contributed by atoms with van der Waals surface area (Å²) in [6.45, 7) is 4.08. The lowest BCUT2D eigenvalue weighted by molar-refractivity contribution is -0.128. The van der Waals surface area contributed by atoms with E-state index in [0.29, 0.717) is 6.54 Å². The number of aliphatic hydroxyl groups excluding tert-OH is 1. The fourth-order valence-corrected chi connectivity index (χ4v) is 1.92. The van der Waals surface area contributed by atoms with Crippen LogP contribution >= 0.6 is 0 Å². The maximum atomic E-state index is 11.4. The summed E-state index contributed by atoms with van der Waals surface area (Å²) >= 11 is 0. The maximum Gasteiger partial charge on any atom is 0.248 e. The first-order chi connectivity index (χ1) is 8.95. The molecule has 1 rings (SSSR count). The lowest BCUT2D eigenvalue weighted by Gasteiger charge is -2.25. The van der Waals surface area contributed by atoms with E-state index in [2.05, 4.69) is 41.4 Å². The smallest absolute Gasteiger partial charge is 0.248 e. The Kier molecular flexibility index (Phi) is 5.99. The van der Waals surface area contributed by atoms with Crippen LogP contribution in [0.25, 0.3) is 0 Å². The standard InChI is InChI=1S/C15H24N2O2/c1-5-12-6-8-13(9-7-12)14(17(3)4)10-16-15(19)11(2)18/h6-9,11,14,18H,5,10H2,1-4H3,(H,16,19). The number of nitrogens with zero attached hydrogens (tertiary/aromatic N) is 1. The maximum absolute atomic E-state index is 11.4. The molecule has 2 unspecified atom stereocenters. The predicted molar refractivity (Wildman–Crippen MR) is 76.9 cm³/mol. The second-order valence-electron chi connectivity index (χ2n) is 5.00. The summed E-state index contributed by atoms with van der Waals surface area (Å²) in [5.74, 6) is -0.336. The number of aliphatic hydroxyl groups is 1. The Balaban J connectivity index is 2.73. The molecule has 0 fully saturated rings. The molecular weight excluding hydrogens is 240 g/mol. The number of nitrogens with one attached hydrogen (secondary N) is 1. The largest absolute Gasteiger partial charge is 0.384 e. The third kappa shape index (κ3) is 4.65. The predicted octanol–water partition coefficient (Wildman–Crippen LogP) is 1.35. The second kappa shape index (κ2) is 7.26. The first-order valence-corrected chi connectivity index (χ1v) is 6.66. The molecular formula is C15H24N2O2. The molecule has 19 heavy (non-hydrogen) atoms. The molecule has 4 heteroatoms. The van der Waals surface area contributed by atoms with Crippen LogP contribution in [0.4, 0.5) is 0 Å². The number of rotatable bonds is 6. The monoisotopic (exact) mass is 264 g/mol. The Morgan fingerprint density at radius 1 is 1.32 bits per heavy atom. The van der Waals surface area contributed by atoms with Crippen LogP contribution in [-0.2, 0) is 11.2 Å². The van der Waals surface area contributed by atoms with Crippen LogP contribution in [0.5, 0.6) is 0 Å². The highest BCUT2D eigenvalue weighted by molar-refractivity contribution is 5.79. The lowest BCUT2D eigenvalue weighted by atomic mass is 10.0. The van der Waals surface area contributed by atoms with Crippen LogP contribution in [0.15, 0.2) is 24.3 Å². The van der Waals surface area contributed by atoms with Gasteiger partial charge in [0.15, 0.2) is 0 Å². The average Bonchev–Trinajstić information content (AvgIpc) is 2.38. The Bertz CT molecular complexity index is 399. The zero-order chi connectivity index (χ0) is 14.4. The molecule has 1 amide bonds. The molecule has 0 spiro atoms. The Hall–Kier alpha value is -1.39. The van der Waals surface area contributed by atoms with E-state index in [-0.39, 0.29) is 11.9 Å². The topological polar surface area (TPSA) is 52.6 Å². The molecule has 0 aliphatic rings. The van der Waals surface area contributed by atoms with Crippen molar-refractivity contribution in [2.45, 2.75) is 32.4 Å². The van der Waals surface area contributed by atoms with Gasteiger partial charge >= 0.3 is 0 Å². The third-order valence-electron chi connectivity index (χ3n) is 3.25. The van der Waals surface area contributed by atoms with Gasteiger partial charge in [0.05, 0.1) is 6.04 Å². The van der Waals surface area contributed by atoms with Crippen molar-refractivity contribution < 1.29 is 9.90 Å². The number of carbonyl (C=O) groups is 1. The molecule has 0 aliphatic heterocycles. The molecule has 0 saturated carbocycles. The van der Waals surface area contributed by atoms with Crippen molar-refractivity contribution in [1.82, 2.24) is 10.2 Å². The summed E-state index contributed by atoms with van der Waals surface area (Å²) < 4.78 is 0. The number of likely N-dealkylation sites (N-methyl/N-ethyl adjacent to an activating group) is 1. The van der Waals surface area contributed by atoms with Gasteiger partial charge < -0.3 is 15.3 Å². The molecule has 106 valence electrons. The van der Waals surface area contributed by atoms with Crippen molar-refractivity contribution in [2.75, 3.05) is 20.6 Å². The van der Waals surface area contributed by atoms with E-state index in [9.17, 15) is 9.90 Å². The summed E-state index contributed by atoms with van der Waals surface area (Å²) in [5, 5.41) is 11.9. The van der Waals surface area contributed by atoms with Gasteiger partial charge in [0.1, 0.15) is 6.10 Å². The van der Waals surface area contributed by atoms with Crippen molar-refractivity contribution in [2.24, 2.45) is 0 Å². The van der Waals surface area contributed by atoms with Crippen molar-refractivity contribution in [3.8, 4) is 0 Å². The van der Waals surface area contributed by atoms with Crippen LogP contribution in [0.2, 0.25) is 0 Å². The fraction of sp³-hybridized carbons (Fsp3) is 0.533. The zero-order valence-electron chi connectivity index (χ0n) is 12.2. The first-order valence-electron chi connectivity index (χ1n) is 6.66. The van der Waals surface area contributed by atoms with E-state index < -0.39 is 6.10 Å². The molecule has 4 nitrogen and oxygen atoms in total. The van der Waals surface area contributed by atoms with E-state index in [1.54, 1.807) is 0 Å². The van der Waals surface area contributed by atoms with E-state index in [0.717, 1.165) is 12.0 Å². The van der Waals surface area contributed by atoms with Crippen molar-refractivity contribution in [1.29, 1.82) is 0 Å². The number of hydrogen-bond donors (Lipinski definition) is 2. The Morgan fingerprint density at radius 2 is 1.89 bits per heavy atom. The van der Waals surface area contributed by atoms with Gasteiger partial charge in [-0.15, -0.1) is 0 Å². The molecule has 2 N–H and O–H groups in total. The van der Waals surface area contributed by atoms with Crippen LogP contribution in [0.1, 0.15) is 31.0 Å². The summed E-state index contributed by atoms with van der Waals surface area (Å²) in [4.78, 5) is 13.5. The van der Waals surface area contributed by atoms with Crippen molar-refractivity contribution >= 4 is 5.91 Å². The minimum atomic E-state index is -0.967. The molecule has 0 saturated heterocycles. The molecule has 0 bridgehead atoms. The summed E-state index contributed by atoms with van der Waals surface area (Å²) in [6, 6.07) is 8.52. The Morgan fingerprint density at radius 3 is 2.32 bits per heavy atom. The van der Waals surface area contributed by atoms with Gasteiger partial charge in [-0.25, -0.2) is 0 Å². The number of amides is 1. The highest BCUT2D eigenvalue weighted by Gasteiger charge is 2.16. The molecule has 0 aromatic heterocycles. The number of hydrogen-bond acceptors (Lipinski definition) is 3. The van der Waals surface area contributed by atoms with Crippen LogP contribution in [-0.4, -0.2) is 42.7 Å². The van der Waals surface area contributed by atoms with Gasteiger partial charge in [-0.05, 0) is 38.6 Å². The van der Waals surface area contributed by atoms with E-state index in [1.165, 1.54) is 12.5 Å². The van der Waals surface area contributed by atoms with Crippen LogP contribution < -0.4 is 5.32 Å². The molecule has 0 radical (unpaired) electrons. The SMILES string of the molecule is CCc1ccc(C(CNC(=O)C(C)O)N(C)C)cc1. The number of benzene rings is 1. The highest BCUT2D eigenvalue weighted by Crippen LogP contribution is 2.18. The quantitative estimate of drug-likeness (QED) is 0.815. The van der Waals surface area contributed by atoms with Crippen molar-refractivity contribution in [3.63, 3.8) is 0 Å². The summed E-state index contributed by atoms with van der Waals surface area (Å²) in [6.07, 6.45) is 0.0522. The molecule has 1 aromatic carbocycles. The highest BCUT2D eigenvalue weighted by atomic mass is 16.3. The van der Waals surface area contributed by atoms with Gasteiger partial charge in [0.2, 0.25) is 5.91 Å². The fourth-order valence-electron chi connectivity index (χ4n) is 1.92. The molecule has 2 atom stereocenters. The van der Waals surface area contributed by atoms with Gasteiger partial charge in [0, 0.05) is 6.54 Å². The molecule has 0 heterocycles.